The highest BCUT2D eigenvalue weighted by Gasteiger charge is 2.49. The number of aliphatic hydroxyl groups excluding tert-OH is 9. The summed E-state index contributed by atoms with van der Waals surface area (Å²) in [6.45, 7) is 1.26. The van der Waals surface area contributed by atoms with Crippen LogP contribution < -0.4 is 31.9 Å². The van der Waals surface area contributed by atoms with Gasteiger partial charge >= 0.3 is 6.03 Å². The molecule has 1 aromatic carbocycles. The molecule has 3 aliphatic heterocycles. The Labute approximate surface area is 417 Å². The first-order valence-corrected chi connectivity index (χ1v) is 25.0. The molecule has 0 bridgehead atoms. The molecule has 15 N–H and O–H groups in total. The first-order valence-electron chi connectivity index (χ1n) is 24.0. The second kappa shape index (κ2) is 31.4. The first kappa shape index (κ1) is 60.2. The van der Waals surface area contributed by atoms with Gasteiger partial charge in [-0.2, -0.15) is 11.8 Å². The zero-order chi connectivity index (χ0) is 52.0. The maximum Gasteiger partial charge on any atom is 0.315 e. The van der Waals surface area contributed by atoms with Crippen molar-refractivity contribution in [3.63, 3.8) is 0 Å². The number of benzene rings is 1. The summed E-state index contributed by atoms with van der Waals surface area (Å²) in [5.74, 6) is -0.0790. The fourth-order valence-electron chi connectivity index (χ4n) is 7.99. The Kier molecular flexibility index (Phi) is 26.6. The van der Waals surface area contributed by atoms with Crippen LogP contribution in [0.25, 0.3) is 0 Å². The van der Waals surface area contributed by atoms with Gasteiger partial charge in [0.15, 0.2) is 18.9 Å². The molecule has 3 heterocycles. The van der Waals surface area contributed by atoms with Gasteiger partial charge in [-0.05, 0) is 57.4 Å². The predicted molar refractivity (Wildman–Crippen MR) is 252 cm³/mol. The SMILES string of the molecule is CC(=O)NC1C(OCCCNCc2cccc(C(=O)NCCNC(=O)CCCC[C@@H]3SC[C@@H]4NC(=O)N[C@@H]43)c2)OC(CO)C(OC(OC(CO)[C@@H](C)O)[C@@H](O)COC(OC(CO)[C@@H](C)O)[C@@H](O)CO)C1O. The van der Waals surface area contributed by atoms with Crippen molar-refractivity contribution in [3.05, 3.63) is 35.4 Å². The van der Waals surface area contributed by atoms with E-state index in [0.717, 1.165) is 30.6 Å². The first-order chi connectivity index (χ1) is 34.0. The number of hydrogen-bond acceptors (Lipinski definition) is 21. The number of amides is 5. The molecule has 0 saturated carbocycles. The van der Waals surface area contributed by atoms with E-state index in [1.807, 2.05) is 17.8 Å². The molecule has 1 aromatic rings. The molecule has 0 aromatic heterocycles. The fraction of sp³-hybridized carbons (Fsp3) is 0.778. The van der Waals surface area contributed by atoms with Crippen LogP contribution in [0, 0.1) is 0 Å². The van der Waals surface area contributed by atoms with Gasteiger partial charge in [0.05, 0.1) is 63.9 Å². The third-order valence-electron chi connectivity index (χ3n) is 11.9. The lowest BCUT2D eigenvalue weighted by molar-refractivity contribution is -0.329. The molecule has 0 radical (unpaired) electrons. The molecule has 3 aliphatic rings. The summed E-state index contributed by atoms with van der Waals surface area (Å²) in [7, 11) is 0. The zero-order valence-corrected chi connectivity index (χ0v) is 41.2. The van der Waals surface area contributed by atoms with Crippen molar-refractivity contribution in [2.75, 3.05) is 65.0 Å². The Balaban J connectivity index is 1.22. The molecule has 71 heavy (non-hydrogen) atoms. The summed E-state index contributed by atoms with van der Waals surface area (Å²) < 4.78 is 34.4. The van der Waals surface area contributed by atoms with Crippen molar-refractivity contribution in [3.8, 4) is 0 Å². The van der Waals surface area contributed by atoms with Crippen molar-refractivity contribution in [1.82, 2.24) is 31.9 Å². The largest absolute Gasteiger partial charge is 0.394 e. The summed E-state index contributed by atoms with van der Waals surface area (Å²) in [6, 6.07) is 5.94. The minimum absolute atomic E-state index is 0.0475. The van der Waals surface area contributed by atoms with E-state index in [-0.39, 0.29) is 49.6 Å². The lowest BCUT2D eigenvalue weighted by atomic mass is 9.96. The highest BCUT2D eigenvalue weighted by molar-refractivity contribution is 8.00. The van der Waals surface area contributed by atoms with Crippen LogP contribution in [-0.2, 0) is 44.6 Å². The molecule has 16 atom stereocenters. The zero-order valence-electron chi connectivity index (χ0n) is 40.4. The molecule has 3 saturated heterocycles. The number of fused-ring (bicyclic) bond motifs is 1. The number of rotatable bonds is 34. The van der Waals surface area contributed by atoms with E-state index in [2.05, 4.69) is 31.9 Å². The van der Waals surface area contributed by atoms with E-state index in [1.165, 1.54) is 20.8 Å². The van der Waals surface area contributed by atoms with Gasteiger partial charge in [-0.1, -0.05) is 18.6 Å². The normalized spacial score (nSPS) is 26.5. The van der Waals surface area contributed by atoms with Crippen molar-refractivity contribution >= 4 is 35.5 Å². The van der Waals surface area contributed by atoms with Crippen molar-refractivity contribution in [2.45, 2.75) is 157 Å². The number of urea groups is 1. The van der Waals surface area contributed by atoms with E-state index < -0.39 is 119 Å². The van der Waals surface area contributed by atoms with Crippen molar-refractivity contribution in [2.24, 2.45) is 0 Å². The minimum Gasteiger partial charge on any atom is -0.394 e. The van der Waals surface area contributed by atoms with Crippen LogP contribution >= 0.6 is 11.8 Å². The summed E-state index contributed by atoms with van der Waals surface area (Å²) in [5, 5.41) is 110. The highest BCUT2D eigenvalue weighted by atomic mass is 32.2. The Morgan fingerprint density at radius 3 is 2.25 bits per heavy atom. The second-order valence-corrected chi connectivity index (χ2v) is 19.0. The lowest BCUT2D eigenvalue weighted by Gasteiger charge is -2.45. The maximum absolute atomic E-state index is 12.9. The summed E-state index contributed by atoms with van der Waals surface area (Å²) in [6.07, 6.45) is -15.0. The van der Waals surface area contributed by atoms with Crippen LogP contribution in [0.15, 0.2) is 24.3 Å². The van der Waals surface area contributed by atoms with Crippen LogP contribution in [0.3, 0.4) is 0 Å². The Morgan fingerprint density at radius 1 is 0.887 bits per heavy atom. The van der Waals surface area contributed by atoms with E-state index in [1.54, 1.807) is 18.2 Å². The van der Waals surface area contributed by atoms with Gasteiger partial charge in [-0.15, -0.1) is 0 Å². The Bertz CT molecular complexity index is 1760. The average molecular weight is 1040 g/mol. The number of carbonyl (C=O) groups is 4. The number of aliphatic hydroxyl groups is 9. The molecule has 26 heteroatoms. The number of nitrogens with one attached hydrogen (secondary N) is 6. The topological polar surface area (TPSA) is 378 Å². The van der Waals surface area contributed by atoms with E-state index in [0.29, 0.717) is 36.7 Å². The summed E-state index contributed by atoms with van der Waals surface area (Å²) in [4.78, 5) is 49.1. The molecule has 25 nitrogen and oxygen atoms in total. The molecule has 9 unspecified atom stereocenters. The highest BCUT2D eigenvalue weighted by Crippen LogP contribution is 2.33. The third-order valence-corrected chi connectivity index (χ3v) is 13.4. The van der Waals surface area contributed by atoms with Crippen LogP contribution in [-0.4, -0.2) is 232 Å². The number of unbranched alkanes of at least 4 members (excludes halogenated alkanes) is 1. The van der Waals surface area contributed by atoms with E-state index >= 15 is 0 Å². The smallest absolute Gasteiger partial charge is 0.315 e. The van der Waals surface area contributed by atoms with Crippen LogP contribution in [0.1, 0.15) is 68.8 Å². The Morgan fingerprint density at radius 2 is 1.59 bits per heavy atom. The summed E-state index contributed by atoms with van der Waals surface area (Å²) in [5.41, 5.74) is 1.27. The molecule has 3 fully saturated rings. The minimum atomic E-state index is -1.87. The molecular weight excluding hydrogens is 961 g/mol. The van der Waals surface area contributed by atoms with Gasteiger partial charge < -0.3 is 106 Å². The quantitative estimate of drug-likeness (QED) is 0.0176. The molecule has 0 aliphatic carbocycles. The van der Waals surface area contributed by atoms with E-state index in [9.17, 15) is 65.1 Å². The lowest BCUT2D eigenvalue weighted by Crippen LogP contribution is -2.66. The molecule has 406 valence electrons. The number of thioether (sulfide) groups is 1. The fourth-order valence-corrected chi connectivity index (χ4v) is 9.53. The predicted octanol–water partition coefficient (Wildman–Crippen LogP) is -4.38. The number of carbonyl (C=O) groups excluding carboxylic acids is 4. The third kappa shape index (κ3) is 19.4. The van der Waals surface area contributed by atoms with Gasteiger partial charge in [-0.25, -0.2) is 4.79 Å². The summed E-state index contributed by atoms with van der Waals surface area (Å²) >= 11 is 1.84. The van der Waals surface area contributed by atoms with Crippen molar-refractivity contribution in [1.29, 1.82) is 0 Å². The van der Waals surface area contributed by atoms with Gasteiger partial charge in [-0.3, -0.25) is 14.4 Å². The monoisotopic (exact) mass is 1040 g/mol. The van der Waals surface area contributed by atoms with Crippen molar-refractivity contribution < 1.29 is 93.6 Å². The van der Waals surface area contributed by atoms with E-state index in [4.69, 9.17) is 28.4 Å². The number of ether oxygens (including phenoxy) is 6. The molecule has 0 spiro atoms. The van der Waals surface area contributed by atoms with Gasteiger partial charge in [0.2, 0.25) is 11.8 Å². The van der Waals surface area contributed by atoms with Gasteiger partial charge in [0.1, 0.15) is 48.8 Å². The van der Waals surface area contributed by atoms with Crippen LogP contribution in [0.5, 0.6) is 0 Å². The van der Waals surface area contributed by atoms with Gasteiger partial charge in [0, 0.05) is 49.5 Å². The second-order valence-electron chi connectivity index (χ2n) is 17.7. The molecular formula is C45H76N6O19S. The standard InChI is InChI=1S/C45H76N6O19S/c1-24(56)32(19-53)67-42(30(59)18-52)66-22-31(60)43(68-33(20-54)25(2)57)70-40-34(21-55)69-44(38(39(40)62)49-26(3)58)65-15-7-12-46-17-27-8-6-9-28(16-27)41(63)48-14-13-47-36(61)11-5-4-10-35-37-29(23-71-35)50-45(64)51-37/h6,8-9,16,24-25,29-35,37-40,42-44,46,52-57,59-60,62H,4-5,7,10-15,17-23H2,1-3H3,(H,47,61)(H,48,63)(H,49,58)(H2,50,51,64)/t24-,25-,29+,30+,31+,32?,33?,34?,35+,37+,38?,39?,40?,42?,43?,44?/m1/s1. The average Bonchev–Trinajstić information content (AvgIpc) is 3.91. The Hall–Kier alpha value is -3.39. The maximum atomic E-state index is 12.9. The molecule has 4 rings (SSSR count). The number of hydrogen-bond donors (Lipinski definition) is 15. The van der Waals surface area contributed by atoms with Crippen LogP contribution in [0.4, 0.5) is 4.79 Å². The van der Waals surface area contributed by atoms with Gasteiger partial charge in [0.25, 0.3) is 5.91 Å². The van der Waals surface area contributed by atoms with Crippen LogP contribution in [0.2, 0.25) is 0 Å². The molecule has 5 amide bonds.